The normalized spacial score (nSPS) is 28.4. The lowest BCUT2D eigenvalue weighted by molar-refractivity contribution is -0.123. The van der Waals surface area contributed by atoms with Crippen LogP contribution in [0.1, 0.15) is 44.9 Å². The second kappa shape index (κ2) is 6.65. The number of rotatable bonds is 3. The zero-order valence-corrected chi connectivity index (χ0v) is 14.2. The van der Waals surface area contributed by atoms with Crippen molar-refractivity contribution in [2.45, 2.75) is 63.1 Å². The summed E-state index contributed by atoms with van der Waals surface area (Å²) in [4.78, 5) is 26.7. The van der Waals surface area contributed by atoms with E-state index in [1.54, 1.807) is 12.1 Å². The minimum atomic E-state index is -0.362. The number of halogens is 1. The minimum Gasteiger partial charge on any atom is -0.353 e. The van der Waals surface area contributed by atoms with Gasteiger partial charge in [-0.05, 0) is 63.1 Å². The summed E-state index contributed by atoms with van der Waals surface area (Å²) in [5, 5.41) is 6.00. The summed E-state index contributed by atoms with van der Waals surface area (Å²) in [6.45, 7) is 0. The van der Waals surface area contributed by atoms with E-state index in [1.165, 1.54) is 12.1 Å². The van der Waals surface area contributed by atoms with Crippen molar-refractivity contribution in [2.24, 2.45) is 5.92 Å². The van der Waals surface area contributed by atoms with Gasteiger partial charge in [0.1, 0.15) is 5.82 Å². The van der Waals surface area contributed by atoms with E-state index in [9.17, 15) is 14.0 Å². The molecule has 3 atom stereocenters. The average molecular weight is 345 g/mol. The van der Waals surface area contributed by atoms with E-state index in [0.29, 0.717) is 5.69 Å². The first-order chi connectivity index (χ1) is 12.1. The molecule has 1 aromatic carbocycles. The van der Waals surface area contributed by atoms with E-state index in [4.69, 9.17) is 0 Å². The van der Waals surface area contributed by atoms with Gasteiger partial charge >= 0.3 is 6.03 Å². The molecule has 0 aromatic heterocycles. The maximum Gasteiger partial charge on any atom is 0.322 e. The number of hydrogen-bond acceptors (Lipinski definition) is 2. The number of nitrogens with zero attached hydrogens (tertiary/aromatic N) is 1. The molecule has 2 N–H and O–H groups in total. The molecule has 1 aliphatic carbocycles. The van der Waals surface area contributed by atoms with Crippen LogP contribution in [0.2, 0.25) is 0 Å². The average Bonchev–Trinajstić information content (AvgIpc) is 3.38. The highest BCUT2D eigenvalue weighted by Gasteiger charge is 2.42. The van der Waals surface area contributed by atoms with Crippen molar-refractivity contribution in [2.75, 3.05) is 5.32 Å². The fourth-order valence-electron chi connectivity index (χ4n) is 4.25. The van der Waals surface area contributed by atoms with E-state index in [0.717, 1.165) is 44.9 Å². The van der Waals surface area contributed by atoms with Gasteiger partial charge in [0.15, 0.2) is 0 Å². The van der Waals surface area contributed by atoms with Crippen LogP contribution in [0.15, 0.2) is 24.3 Å². The number of carbonyl (C=O) groups excluding carboxylic acids is 2. The SMILES string of the molecule is O=C(NC1C[C@H]2CCC[C@@H](C1)N2C(=O)Nc1cccc(F)c1)C1CC1. The summed E-state index contributed by atoms with van der Waals surface area (Å²) < 4.78 is 13.3. The third-order valence-electron chi connectivity index (χ3n) is 5.58. The molecule has 1 aromatic rings. The summed E-state index contributed by atoms with van der Waals surface area (Å²) in [7, 11) is 0. The molecule has 0 spiro atoms. The lowest BCUT2D eigenvalue weighted by atomic mass is 9.82. The fourth-order valence-corrected chi connectivity index (χ4v) is 4.25. The van der Waals surface area contributed by atoms with Gasteiger partial charge in [-0.3, -0.25) is 4.79 Å². The second-order valence-corrected chi connectivity index (χ2v) is 7.54. The summed E-state index contributed by atoms with van der Waals surface area (Å²) in [5.41, 5.74) is 0.479. The van der Waals surface area contributed by atoms with Gasteiger partial charge in [-0.15, -0.1) is 0 Å². The Hall–Kier alpha value is -2.11. The lowest BCUT2D eigenvalue weighted by Crippen LogP contribution is -2.59. The van der Waals surface area contributed by atoms with Crippen molar-refractivity contribution in [3.63, 3.8) is 0 Å². The number of fused-ring (bicyclic) bond motifs is 2. The van der Waals surface area contributed by atoms with Crippen LogP contribution in [0.25, 0.3) is 0 Å². The number of anilines is 1. The van der Waals surface area contributed by atoms with Crippen molar-refractivity contribution in [3.8, 4) is 0 Å². The molecule has 25 heavy (non-hydrogen) atoms. The van der Waals surface area contributed by atoms with E-state index < -0.39 is 0 Å². The molecule has 2 saturated heterocycles. The van der Waals surface area contributed by atoms with Crippen LogP contribution in [0.3, 0.4) is 0 Å². The van der Waals surface area contributed by atoms with Crippen molar-refractivity contribution >= 4 is 17.6 Å². The van der Waals surface area contributed by atoms with Crippen molar-refractivity contribution in [1.29, 1.82) is 0 Å². The molecule has 3 fully saturated rings. The highest BCUT2D eigenvalue weighted by Crippen LogP contribution is 2.35. The monoisotopic (exact) mass is 345 g/mol. The number of piperidine rings is 2. The Bertz CT molecular complexity index is 662. The smallest absolute Gasteiger partial charge is 0.322 e. The van der Waals surface area contributed by atoms with Crippen LogP contribution >= 0.6 is 0 Å². The summed E-state index contributed by atoms with van der Waals surface area (Å²) in [6, 6.07) is 6.27. The second-order valence-electron chi connectivity index (χ2n) is 7.54. The largest absolute Gasteiger partial charge is 0.353 e. The summed E-state index contributed by atoms with van der Waals surface area (Å²) >= 11 is 0. The van der Waals surface area contributed by atoms with E-state index in [1.807, 2.05) is 4.90 Å². The molecule has 0 radical (unpaired) electrons. The number of nitrogens with one attached hydrogen (secondary N) is 2. The molecule has 2 heterocycles. The third-order valence-corrected chi connectivity index (χ3v) is 5.58. The molecule has 2 aliphatic heterocycles. The maximum atomic E-state index is 13.3. The first-order valence-corrected chi connectivity index (χ1v) is 9.25. The van der Waals surface area contributed by atoms with Crippen LogP contribution in [0.5, 0.6) is 0 Å². The molecule has 3 aliphatic rings. The van der Waals surface area contributed by atoms with Gasteiger partial charge in [0.2, 0.25) is 5.91 Å². The number of hydrogen-bond donors (Lipinski definition) is 2. The molecule has 1 unspecified atom stereocenters. The quantitative estimate of drug-likeness (QED) is 0.883. The van der Waals surface area contributed by atoms with Gasteiger partial charge in [0.25, 0.3) is 0 Å². The molecule has 4 rings (SSSR count). The lowest BCUT2D eigenvalue weighted by Gasteiger charge is -2.48. The van der Waals surface area contributed by atoms with Gasteiger partial charge in [0.05, 0.1) is 0 Å². The maximum absolute atomic E-state index is 13.3. The van der Waals surface area contributed by atoms with Crippen LogP contribution in [-0.4, -0.2) is 35.0 Å². The zero-order chi connectivity index (χ0) is 17.4. The molecule has 6 heteroatoms. The van der Waals surface area contributed by atoms with E-state index in [2.05, 4.69) is 10.6 Å². The van der Waals surface area contributed by atoms with Gasteiger partial charge < -0.3 is 15.5 Å². The highest BCUT2D eigenvalue weighted by atomic mass is 19.1. The fraction of sp³-hybridized carbons (Fsp3) is 0.579. The third kappa shape index (κ3) is 3.62. The van der Waals surface area contributed by atoms with Gasteiger partial charge in [-0.25, -0.2) is 9.18 Å². The number of carbonyl (C=O) groups is 2. The Morgan fingerprint density at radius 3 is 2.44 bits per heavy atom. The molecular weight excluding hydrogens is 321 g/mol. The van der Waals surface area contributed by atoms with Crippen LogP contribution in [0, 0.1) is 11.7 Å². The van der Waals surface area contributed by atoms with Gasteiger partial charge in [-0.2, -0.15) is 0 Å². The predicted molar refractivity (Wildman–Crippen MR) is 92.6 cm³/mol. The molecule has 134 valence electrons. The van der Waals surface area contributed by atoms with Crippen molar-refractivity contribution < 1.29 is 14.0 Å². The van der Waals surface area contributed by atoms with Crippen LogP contribution < -0.4 is 10.6 Å². The molecule has 2 bridgehead atoms. The Labute approximate surface area is 147 Å². The minimum absolute atomic E-state index is 0.144. The molecule has 3 amide bonds. The van der Waals surface area contributed by atoms with Gasteiger partial charge in [0, 0.05) is 29.7 Å². The Morgan fingerprint density at radius 1 is 1.08 bits per heavy atom. The number of amides is 3. The highest BCUT2D eigenvalue weighted by molar-refractivity contribution is 5.90. The molecule has 1 saturated carbocycles. The Balaban J connectivity index is 1.41. The van der Waals surface area contributed by atoms with Crippen LogP contribution in [-0.2, 0) is 4.79 Å². The van der Waals surface area contributed by atoms with E-state index in [-0.39, 0.29) is 41.8 Å². The first-order valence-electron chi connectivity index (χ1n) is 9.25. The van der Waals surface area contributed by atoms with E-state index >= 15 is 0 Å². The van der Waals surface area contributed by atoms with Crippen molar-refractivity contribution in [1.82, 2.24) is 10.2 Å². The predicted octanol–water partition coefficient (Wildman–Crippen LogP) is 3.27. The Kier molecular flexibility index (Phi) is 4.36. The number of urea groups is 1. The Morgan fingerprint density at radius 2 is 1.80 bits per heavy atom. The molecular formula is C19H24FN3O2. The van der Waals surface area contributed by atoms with Gasteiger partial charge in [-0.1, -0.05) is 6.07 Å². The zero-order valence-electron chi connectivity index (χ0n) is 14.2. The summed E-state index contributed by atoms with van der Waals surface area (Å²) in [6.07, 6.45) is 6.67. The topological polar surface area (TPSA) is 61.4 Å². The standard InChI is InChI=1S/C19H24FN3O2/c20-13-3-1-4-14(9-13)22-19(25)23-16-5-2-6-17(23)11-15(10-16)21-18(24)12-7-8-12/h1,3-4,9,12,15-17H,2,5-8,10-11H2,(H,21,24)(H,22,25)/t15?,16-,17+. The van der Waals surface area contributed by atoms with Crippen LogP contribution in [0.4, 0.5) is 14.9 Å². The number of benzene rings is 1. The molecule has 5 nitrogen and oxygen atoms in total. The first kappa shape index (κ1) is 16.4. The van der Waals surface area contributed by atoms with Crippen molar-refractivity contribution in [3.05, 3.63) is 30.1 Å². The summed E-state index contributed by atoms with van der Waals surface area (Å²) in [5.74, 6) is 0.0365.